The second kappa shape index (κ2) is 1.43. The first-order chi connectivity index (χ1) is 2.80. The summed E-state index contributed by atoms with van der Waals surface area (Å²) in [6.07, 6.45) is 2.23. The molecule has 0 aromatic rings. The molecule has 0 aromatic heterocycles. The minimum Gasteiger partial charge on any atom is -0.0709 e. The van der Waals surface area contributed by atoms with Gasteiger partial charge in [0.2, 0.25) is 0 Å². The third kappa shape index (κ3) is 0.889. The van der Waals surface area contributed by atoms with Crippen LogP contribution in [0.15, 0.2) is 10.1 Å². The largest absolute Gasteiger partial charge is 0.106 e. The lowest BCUT2D eigenvalue weighted by molar-refractivity contribution is 1.50. The average molecular weight is 123 g/mol. The highest BCUT2D eigenvalue weighted by Gasteiger charge is 2.13. The van der Waals surface area contributed by atoms with Gasteiger partial charge in [-0.05, 0) is 18.4 Å². The van der Waals surface area contributed by atoms with E-state index < -0.39 is 0 Å². The van der Waals surface area contributed by atoms with E-state index in [9.17, 15) is 0 Å². The van der Waals surface area contributed by atoms with Gasteiger partial charge in [-0.1, -0.05) is 23.2 Å². The van der Waals surface area contributed by atoms with Gasteiger partial charge in [-0.25, -0.2) is 0 Å². The molecule has 0 nitrogen and oxygen atoms in total. The molecule has 0 aliphatic heterocycles. The van der Waals surface area contributed by atoms with Crippen LogP contribution >= 0.6 is 23.2 Å². The summed E-state index contributed by atoms with van der Waals surface area (Å²) in [6.45, 7) is 0. The van der Waals surface area contributed by atoms with Gasteiger partial charge < -0.3 is 0 Å². The third-order valence-electron chi connectivity index (χ3n) is 0.767. The molecule has 0 N–H and O–H groups in total. The molecule has 1 rings (SSSR count). The van der Waals surface area contributed by atoms with Crippen molar-refractivity contribution >= 4 is 23.2 Å². The van der Waals surface area contributed by atoms with Crippen LogP contribution in [0.3, 0.4) is 0 Å². The van der Waals surface area contributed by atoms with Crippen molar-refractivity contribution < 1.29 is 0 Å². The number of rotatable bonds is 0. The number of halogens is 2. The lowest BCUT2D eigenvalue weighted by Crippen LogP contribution is -1.42. The average Bonchev–Trinajstić information content (AvgIpc) is 2.06. The maximum atomic E-state index is 5.32. The van der Waals surface area contributed by atoms with E-state index in [-0.39, 0.29) is 0 Å². The molecule has 34 valence electrons. The Hall–Kier alpha value is 0.320. The molecule has 0 spiro atoms. The van der Waals surface area contributed by atoms with Crippen LogP contribution in [0.4, 0.5) is 0 Å². The molecule has 6 heavy (non-hydrogen) atoms. The van der Waals surface area contributed by atoms with Crippen molar-refractivity contribution in [2.45, 2.75) is 12.8 Å². The Morgan fingerprint density at radius 2 is 1.83 bits per heavy atom. The fourth-order valence-electron chi connectivity index (χ4n) is 0.251. The van der Waals surface area contributed by atoms with Crippen molar-refractivity contribution in [2.75, 3.05) is 0 Å². The van der Waals surface area contributed by atoms with Gasteiger partial charge in [-0.2, -0.15) is 0 Å². The zero-order chi connectivity index (χ0) is 4.57. The maximum Gasteiger partial charge on any atom is 0.106 e. The first-order valence-corrected chi connectivity index (χ1v) is 2.59. The predicted molar refractivity (Wildman–Crippen MR) is 28.0 cm³/mol. The molecule has 0 saturated heterocycles. The van der Waals surface area contributed by atoms with Crippen LogP contribution in [-0.2, 0) is 0 Å². The summed E-state index contributed by atoms with van der Waals surface area (Å²) in [5.74, 6) is 0. The molecule has 0 amide bonds. The van der Waals surface area contributed by atoms with Gasteiger partial charge >= 0.3 is 0 Å². The molecule has 0 aromatic carbocycles. The number of hydrogen-bond acceptors (Lipinski definition) is 0. The fraction of sp³-hybridized carbons (Fsp3) is 0.500. The monoisotopic (exact) mass is 122 g/mol. The van der Waals surface area contributed by atoms with Gasteiger partial charge in [0.15, 0.2) is 0 Å². The molecule has 1 fully saturated rings. The molecule has 0 radical (unpaired) electrons. The van der Waals surface area contributed by atoms with Crippen molar-refractivity contribution in [1.82, 2.24) is 0 Å². The molecule has 1 aliphatic carbocycles. The van der Waals surface area contributed by atoms with Gasteiger partial charge in [0, 0.05) is 0 Å². The Morgan fingerprint density at radius 3 is 1.83 bits per heavy atom. The second-order valence-electron chi connectivity index (χ2n) is 1.36. The zero-order valence-electron chi connectivity index (χ0n) is 3.17. The van der Waals surface area contributed by atoms with Gasteiger partial charge in [0.05, 0.1) is 0 Å². The van der Waals surface area contributed by atoms with E-state index in [1.165, 1.54) is 5.57 Å². The highest BCUT2D eigenvalue weighted by atomic mass is 35.5. The first kappa shape index (κ1) is 4.48. The number of allylic oxidation sites excluding steroid dienone is 1. The minimum atomic E-state index is 0.481. The van der Waals surface area contributed by atoms with Gasteiger partial charge in [-0.15, -0.1) is 0 Å². The van der Waals surface area contributed by atoms with E-state index in [1.807, 2.05) is 0 Å². The molecule has 0 heterocycles. The molecular weight excluding hydrogens is 119 g/mol. The number of hydrogen-bond donors (Lipinski definition) is 0. The highest BCUT2D eigenvalue weighted by Crippen LogP contribution is 2.34. The van der Waals surface area contributed by atoms with E-state index in [1.54, 1.807) is 0 Å². The van der Waals surface area contributed by atoms with Crippen LogP contribution in [0, 0.1) is 0 Å². The molecule has 0 atom stereocenters. The normalized spacial score (nSPS) is 18.0. The SMILES string of the molecule is ClC(Cl)=C1CC1. The van der Waals surface area contributed by atoms with Crippen molar-refractivity contribution in [3.05, 3.63) is 10.1 Å². The van der Waals surface area contributed by atoms with E-state index in [0.717, 1.165) is 12.8 Å². The Balaban J connectivity index is 2.61. The fourth-order valence-corrected chi connectivity index (χ4v) is 0.629. The highest BCUT2D eigenvalue weighted by molar-refractivity contribution is 6.56. The van der Waals surface area contributed by atoms with E-state index in [4.69, 9.17) is 23.2 Å². The zero-order valence-corrected chi connectivity index (χ0v) is 4.68. The van der Waals surface area contributed by atoms with E-state index >= 15 is 0 Å². The van der Waals surface area contributed by atoms with Crippen LogP contribution in [0.1, 0.15) is 12.8 Å². The van der Waals surface area contributed by atoms with Crippen LogP contribution in [0.5, 0.6) is 0 Å². The standard InChI is InChI=1S/C4H4Cl2/c5-4(6)3-1-2-3/h1-2H2. The Morgan fingerprint density at radius 1 is 1.33 bits per heavy atom. The molecule has 1 saturated carbocycles. The van der Waals surface area contributed by atoms with Crippen molar-refractivity contribution in [2.24, 2.45) is 0 Å². The molecule has 1 aliphatic rings. The summed E-state index contributed by atoms with van der Waals surface area (Å²) in [6, 6.07) is 0. The molecule has 0 bridgehead atoms. The summed E-state index contributed by atoms with van der Waals surface area (Å²) in [5, 5.41) is 0. The van der Waals surface area contributed by atoms with Gasteiger partial charge in [0.25, 0.3) is 0 Å². The Kier molecular flexibility index (Phi) is 1.07. The maximum absolute atomic E-state index is 5.32. The summed E-state index contributed by atoms with van der Waals surface area (Å²) in [4.78, 5) is 0. The minimum absolute atomic E-state index is 0.481. The van der Waals surface area contributed by atoms with Crippen LogP contribution < -0.4 is 0 Å². The summed E-state index contributed by atoms with van der Waals surface area (Å²) in [5.41, 5.74) is 1.21. The quantitative estimate of drug-likeness (QED) is 0.464. The molecule has 0 unspecified atom stereocenters. The Labute approximate surface area is 46.7 Å². The first-order valence-electron chi connectivity index (χ1n) is 1.84. The third-order valence-corrected chi connectivity index (χ3v) is 1.30. The summed E-state index contributed by atoms with van der Waals surface area (Å²) < 4.78 is 0.481. The van der Waals surface area contributed by atoms with Crippen LogP contribution in [0.25, 0.3) is 0 Å². The van der Waals surface area contributed by atoms with Crippen molar-refractivity contribution in [3.8, 4) is 0 Å². The van der Waals surface area contributed by atoms with Crippen molar-refractivity contribution in [1.29, 1.82) is 0 Å². The van der Waals surface area contributed by atoms with Gasteiger partial charge in [0.1, 0.15) is 4.49 Å². The smallest absolute Gasteiger partial charge is 0.0709 e. The van der Waals surface area contributed by atoms with E-state index in [0.29, 0.717) is 4.49 Å². The van der Waals surface area contributed by atoms with Crippen LogP contribution in [-0.4, -0.2) is 0 Å². The molecular formula is C4H4Cl2. The van der Waals surface area contributed by atoms with E-state index in [2.05, 4.69) is 0 Å². The molecule has 2 heteroatoms. The Bertz CT molecular complexity index is 83.7. The van der Waals surface area contributed by atoms with Crippen LogP contribution in [0.2, 0.25) is 0 Å². The lowest BCUT2D eigenvalue weighted by Gasteiger charge is -1.69. The second-order valence-corrected chi connectivity index (χ2v) is 2.31. The lowest BCUT2D eigenvalue weighted by atomic mass is 10.7. The summed E-state index contributed by atoms with van der Waals surface area (Å²) in [7, 11) is 0. The predicted octanol–water partition coefficient (Wildman–Crippen LogP) is 2.47. The van der Waals surface area contributed by atoms with Crippen molar-refractivity contribution in [3.63, 3.8) is 0 Å². The van der Waals surface area contributed by atoms with Gasteiger partial charge in [-0.3, -0.25) is 0 Å². The summed E-state index contributed by atoms with van der Waals surface area (Å²) >= 11 is 10.6. The topological polar surface area (TPSA) is 0 Å².